The lowest BCUT2D eigenvalue weighted by atomic mass is 10.0. The number of fused-ring (bicyclic) bond motifs is 1. The fourth-order valence-electron chi connectivity index (χ4n) is 3.87. The van der Waals surface area contributed by atoms with Gasteiger partial charge in [0.2, 0.25) is 0 Å². The lowest BCUT2D eigenvalue weighted by Crippen LogP contribution is -2.56. The highest BCUT2D eigenvalue weighted by molar-refractivity contribution is 6.42. The second-order valence-electron chi connectivity index (χ2n) is 8.06. The van der Waals surface area contributed by atoms with Gasteiger partial charge >= 0.3 is 0 Å². The molecule has 0 aliphatic carbocycles. The zero-order chi connectivity index (χ0) is 26.3. The summed E-state index contributed by atoms with van der Waals surface area (Å²) in [4.78, 5) is 64.5. The van der Waals surface area contributed by atoms with E-state index >= 15 is 0 Å². The van der Waals surface area contributed by atoms with Crippen LogP contribution in [0.3, 0.4) is 0 Å². The molecule has 3 aromatic rings. The lowest BCUT2D eigenvalue weighted by Gasteiger charge is -2.34. The third-order valence-corrected chi connectivity index (χ3v) is 6.48. The summed E-state index contributed by atoms with van der Waals surface area (Å²) in [6.45, 7) is 3.19. The number of nitro benzene ring substituents is 1. The number of Topliss-reactive ketones (excluding diaryl/α,β-unsaturated/α-hetero) is 1. The molecule has 9 nitrogen and oxygen atoms in total. The number of hydrazine groups is 1. The van der Waals surface area contributed by atoms with Crippen molar-refractivity contribution in [2.24, 2.45) is 0 Å². The highest BCUT2D eigenvalue weighted by Gasteiger charge is 2.48. The molecule has 1 aliphatic rings. The van der Waals surface area contributed by atoms with Gasteiger partial charge in [0.05, 0.1) is 20.5 Å². The fourth-order valence-corrected chi connectivity index (χ4v) is 4.17. The number of aryl methyl sites for hydroxylation is 1. The van der Waals surface area contributed by atoms with Crippen molar-refractivity contribution in [1.82, 2.24) is 10.0 Å². The maximum atomic E-state index is 13.7. The second-order valence-corrected chi connectivity index (χ2v) is 8.88. The highest BCUT2D eigenvalue weighted by atomic mass is 35.5. The van der Waals surface area contributed by atoms with Crippen molar-refractivity contribution < 1.29 is 24.1 Å². The summed E-state index contributed by atoms with van der Waals surface area (Å²) in [5.74, 6) is -3.54. The first kappa shape index (κ1) is 25.0. The third kappa shape index (κ3) is 4.23. The molecule has 11 heteroatoms. The van der Waals surface area contributed by atoms with Crippen molar-refractivity contribution in [1.29, 1.82) is 0 Å². The number of ketones is 1. The third-order valence-electron chi connectivity index (χ3n) is 5.74. The van der Waals surface area contributed by atoms with Crippen molar-refractivity contribution in [2.45, 2.75) is 19.9 Å². The van der Waals surface area contributed by atoms with Gasteiger partial charge in [-0.25, -0.2) is 5.01 Å². The quantitative estimate of drug-likeness (QED) is 0.190. The molecule has 1 heterocycles. The van der Waals surface area contributed by atoms with Crippen LogP contribution in [0.2, 0.25) is 10.0 Å². The van der Waals surface area contributed by atoms with Gasteiger partial charge in [-0.3, -0.25) is 29.3 Å². The van der Waals surface area contributed by atoms with Crippen LogP contribution >= 0.6 is 23.2 Å². The van der Waals surface area contributed by atoms with E-state index in [1.165, 1.54) is 37.3 Å². The number of nitro groups is 1. The number of amides is 3. The van der Waals surface area contributed by atoms with E-state index in [2.05, 4.69) is 0 Å². The first-order chi connectivity index (χ1) is 17.0. The molecule has 4 rings (SSSR count). The summed E-state index contributed by atoms with van der Waals surface area (Å²) in [7, 11) is 0. The summed E-state index contributed by atoms with van der Waals surface area (Å²) in [6, 6.07) is 12.7. The van der Waals surface area contributed by atoms with Gasteiger partial charge in [0.15, 0.2) is 5.78 Å². The van der Waals surface area contributed by atoms with Crippen LogP contribution < -0.4 is 0 Å². The molecule has 0 radical (unpaired) electrons. The monoisotopic (exact) mass is 525 g/mol. The molecular weight excluding hydrogens is 509 g/mol. The summed E-state index contributed by atoms with van der Waals surface area (Å²) in [5.41, 5.74) is -0.226. The van der Waals surface area contributed by atoms with Crippen LogP contribution in [-0.4, -0.2) is 44.5 Å². The summed E-state index contributed by atoms with van der Waals surface area (Å²) in [5, 5.41) is 12.9. The average molecular weight is 526 g/mol. The number of hydrogen-bond donors (Lipinski definition) is 0. The van der Waals surface area contributed by atoms with Crippen molar-refractivity contribution in [2.75, 3.05) is 0 Å². The predicted molar refractivity (Wildman–Crippen MR) is 131 cm³/mol. The number of carbonyl (C=O) groups excluding carboxylic acids is 4. The minimum Gasteiger partial charge on any atom is -0.292 e. The number of carbonyl (C=O) groups is 4. The molecule has 1 atom stereocenters. The van der Waals surface area contributed by atoms with Crippen LogP contribution in [-0.2, 0) is 0 Å². The topological polar surface area (TPSA) is 118 Å². The highest BCUT2D eigenvalue weighted by Crippen LogP contribution is 2.34. The first-order valence-corrected chi connectivity index (χ1v) is 11.3. The van der Waals surface area contributed by atoms with Gasteiger partial charge in [-0.1, -0.05) is 59.1 Å². The molecule has 0 N–H and O–H groups in total. The van der Waals surface area contributed by atoms with Crippen molar-refractivity contribution >= 4 is 52.4 Å². The molecule has 182 valence electrons. The molecule has 3 aromatic carbocycles. The Morgan fingerprint density at radius 3 is 2.19 bits per heavy atom. The zero-order valence-corrected chi connectivity index (χ0v) is 20.4. The Morgan fingerprint density at radius 1 is 0.944 bits per heavy atom. The van der Waals surface area contributed by atoms with Crippen LogP contribution in [0.25, 0.3) is 0 Å². The molecule has 0 aromatic heterocycles. The predicted octanol–water partition coefficient (Wildman–Crippen LogP) is 5.13. The van der Waals surface area contributed by atoms with E-state index in [4.69, 9.17) is 23.2 Å². The Bertz CT molecular complexity index is 1450. The van der Waals surface area contributed by atoms with Crippen LogP contribution in [0.15, 0.2) is 60.7 Å². The van der Waals surface area contributed by atoms with Gasteiger partial charge in [-0.05, 0) is 38.1 Å². The number of rotatable bonds is 6. The van der Waals surface area contributed by atoms with Crippen molar-refractivity contribution in [3.05, 3.63) is 109 Å². The number of halogens is 2. The molecule has 0 saturated heterocycles. The van der Waals surface area contributed by atoms with Gasteiger partial charge in [-0.15, -0.1) is 0 Å². The molecule has 3 amide bonds. The Kier molecular flexibility index (Phi) is 6.62. The maximum Gasteiger partial charge on any atom is 0.287 e. The van der Waals surface area contributed by atoms with Gasteiger partial charge < -0.3 is 0 Å². The van der Waals surface area contributed by atoms with Gasteiger partial charge in [-0.2, -0.15) is 5.01 Å². The van der Waals surface area contributed by atoms with Crippen LogP contribution in [0.1, 0.15) is 53.9 Å². The lowest BCUT2D eigenvalue weighted by molar-refractivity contribution is -0.385. The molecule has 0 bridgehead atoms. The minimum absolute atomic E-state index is 0.0398. The largest absolute Gasteiger partial charge is 0.292 e. The van der Waals surface area contributed by atoms with Gasteiger partial charge in [0, 0.05) is 17.2 Å². The summed E-state index contributed by atoms with van der Waals surface area (Å²) >= 11 is 12.0. The molecule has 36 heavy (non-hydrogen) atoms. The average Bonchev–Trinajstić information content (AvgIpc) is 3.11. The molecule has 0 saturated carbocycles. The Hall–Kier alpha value is -4.08. The summed E-state index contributed by atoms with van der Waals surface area (Å²) < 4.78 is 0. The van der Waals surface area contributed by atoms with Gasteiger partial charge in [0.1, 0.15) is 11.6 Å². The van der Waals surface area contributed by atoms with Crippen LogP contribution in [0, 0.1) is 17.0 Å². The maximum absolute atomic E-state index is 13.7. The zero-order valence-electron chi connectivity index (χ0n) is 18.9. The second kappa shape index (κ2) is 9.52. The van der Waals surface area contributed by atoms with Crippen molar-refractivity contribution in [3.8, 4) is 0 Å². The normalized spacial score (nSPS) is 13.4. The molecule has 0 unspecified atom stereocenters. The van der Waals surface area contributed by atoms with Crippen LogP contribution in [0.4, 0.5) is 5.69 Å². The number of nitrogens with zero attached hydrogens (tertiary/aromatic N) is 3. The number of benzene rings is 3. The standard InChI is InChI=1S/C25H17Cl2N3O6/c1-13-6-8-15(9-7-13)22(31)14(2)28(23(32)16-10-11-18(26)19(27)12-16)29-24(33)17-4-3-5-20(30(35)36)21(17)25(29)34/h3-12,14H,1-2H3/t14-/m0/s1. The fraction of sp³-hybridized carbons (Fsp3) is 0.120. The van der Waals surface area contributed by atoms with E-state index in [1.807, 2.05) is 6.92 Å². The Balaban J connectivity index is 1.85. The van der Waals surface area contributed by atoms with E-state index in [1.54, 1.807) is 24.3 Å². The van der Waals surface area contributed by atoms with E-state index in [-0.39, 0.29) is 26.7 Å². The van der Waals surface area contributed by atoms with E-state index in [9.17, 15) is 29.3 Å². The Labute approximate surface area is 214 Å². The minimum atomic E-state index is -1.35. The van der Waals surface area contributed by atoms with E-state index in [0.717, 1.165) is 11.6 Å². The van der Waals surface area contributed by atoms with Crippen LogP contribution in [0.5, 0.6) is 0 Å². The van der Waals surface area contributed by atoms with Crippen molar-refractivity contribution in [3.63, 3.8) is 0 Å². The molecule has 0 fully saturated rings. The molecule has 1 aliphatic heterocycles. The van der Waals surface area contributed by atoms with Gasteiger partial charge in [0.25, 0.3) is 23.4 Å². The van der Waals surface area contributed by atoms with E-state index in [0.29, 0.717) is 10.0 Å². The molecular formula is C25H17Cl2N3O6. The summed E-state index contributed by atoms with van der Waals surface area (Å²) in [6.07, 6.45) is 0. The smallest absolute Gasteiger partial charge is 0.287 e. The van der Waals surface area contributed by atoms with E-state index < -0.39 is 45.7 Å². The number of imide groups is 1. The molecule has 0 spiro atoms. The number of hydrogen-bond acceptors (Lipinski definition) is 6. The Morgan fingerprint density at radius 2 is 1.58 bits per heavy atom. The first-order valence-electron chi connectivity index (χ1n) is 10.6. The SMILES string of the molecule is Cc1ccc(C(=O)[C@H](C)N(C(=O)c2ccc(Cl)c(Cl)c2)N2C(=O)c3cccc([N+](=O)[O-])c3C2=O)cc1.